The number of hydrogen-bond donors (Lipinski definition) is 1. The highest BCUT2D eigenvalue weighted by Crippen LogP contribution is 2.16. The van der Waals surface area contributed by atoms with Crippen LogP contribution in [-0.2, 0) is 14.8 Å². The highest BCUT2D eigenvalue weighted by Gasteiger charge is 2.28. The van der Waals surface area contributed by atoms with Gasteiger partial charge in [0.25, 0.3) is 5.91 Å². The van der Waals surface area contributed by atoms with Gasteiger partial charge in [-0.1, -0.05) is 0 Å². The molecule has 1 N–H and O–H groups in total. The first-order valence-electron chi connectivity index (χ1n) is 6.96. The Labute approximate surface area is 143 Å². The van der Waals surface area contributed by atoms with Crippen LogP contribution in [-0.4, -0.2) is 69.8 Å². The van der Waals surface area contributed by atoms with Gasteiger partial charge in [-0.25, -0.2) is 8.42 Å². The Morgan fingerprint density at radius 1 is 1.08 bits per heavy atom. The van der Waals surface area contributed by atoms with Crippen molar-refractivity contribution in [2.24, 2.45) is 0 Å². The number of carbonyl (C=O) groups excluding carboxylic acids is 2. The Bertz CT molecular complexity index is 731. The van der Waals surface area contributed by atoms with E-state index in [1.165, 1.54) is 26.0 Å². The quantitative estimate of drug-likeness (QED) is 0.786. The van der Waals surface area contributed by atoms with Gasteiger partial charge in [0.2, 0.25) is 15.9 Å². The number of amides is 2. The Balaban J connectivity index is 2.87. The van der Waals surface area contributed by atoms with Crippen LogP contribution in [0.4, 0.5) is 13.2 Å². The number of nitrogens with one attached hydrogen (secondary N) is 1. The van der Waals surface area contributed by atoms with Gasteiger partial charge in [0, 0.05) is 26.7 Å². The van der Waals surface area contributed by atoms with E-state index in [1.54, 1.807) is 5.32 Å². The molecule has 0 saturated carbocycles. The number of rotatable bonds is 6. The van der Waals surface area contributed by atoms with Gasteiger partial charge in [-0.2, -0.15) is 17.5 Å². The molecule has 0 aliphatic carbocycles. The number of likely N-dealkylation sites (N-methyl/N-ethyl adjacent to an activating group) is 2. The van der Waals surface area contributed by atoms with Crippen molar-refractivity contribution in [3.05, 3.63) is 29.8 Å². The van der Waals surface area contributed by atoms with Gasteiger partial charge in [-0.3, -0.25) is 9.59 Å². The lowest BCUT2D eigenvalue weighted by molar-refractivity contribution is -0.128. The number of sulfonamides is 1. The van der Waals surface area contributed by atoms with Crippen molar-refractivity contribution >= 4 is 21.8 Å². The lowest BCUT2D eigenvalue weighted by Crippen LogP contribution is -2.37. The highest BCUT2D eigenvalue weighted by molar-refractivity contribution is 7.89. The fourth-order valence-electron chi connectivity index (χ4n) is 1.66. The van der Waals surface area contributed by atoms with Crippen molar-refractivity contribution in [3.8, 4) is 0 Å². The standard InChI is InChI=1S/C14H18F3N3O4S/c1-19(2)12(21)8-20(3)25(23,24)11-6-4-10(5-7-11)13(22)18-9-14(15,16)17/h4-7H,8-9H2,1-3H3,(H,18,22). The fraction of sp³-hybridized carbons (Fsp3) is 0.429. The molecule has 0 spiro atoms. The molecule has 0 fully saturated rings. The van der Waals surface area contributed by atoms with Crippen LogP contribution in [0.25, 0.3) is 0 Å². The predicted octanol–water partition coefficient (Wildman–Crippen LogP) is 0.687. The van der Waals surface area contributed by atoms with Crippen molar-refractivity contribution in [2.75, 3.05) is 34.2 Å². The monoisotopic (exact) mass is 381 g/mol. The zero-order valence-corrected chi connectivity index (χ0v) is 14.6. The summed E-state index contributed by atoms with van der Waals surface area (Å²) in [5.74, 6) is -1.40. The smallest absolute Gasteiger partial charge is 0.348 e. The number of benzene rings is 1. The van der Waals surface area contributed by atoms with Gasteiger partial charge in [-0.05, 0) is 24.3 Å². The maximum Gasteiger partial charge on any atom is 0.405 e. The molecule has 0 atom stereocenters. The average molecular weight is 381 g/mol. The third kappa shape index (κ3) is 6.02. The lowest BCUT2D eigenvalue weighted by Gasteiger charge is -2.19. The second kappa shape index (κ2) is 7.83. The van der Waals surface area contributed by atoms with E-state index in [1.807, 2.05) is 0 Å². The Hall–Kier alpha value is -2.14. The van der Waals surface area contributed by atoms with Crippen molar-refractivity contribution in [2.45, 2.75) is 11.1 Å². The average Bonchev–Trinajstić information content (AvgIpc) is 2.51. The van der Waals surface area contributed by atoms with Gasteiger partial charge in [-0.15, -0.1) is 0 Å². The van der Waals surface area contributed by atoms with E-state index in [-0.39, 0.29) is 17.0 Å². The van der Waals surface area contributed by atoms with E-state index in [4.69, 9.17) is 0 Å². The molecule has 140 valence electrons. The van der Waals surface area contributed by atoms with Crippen molar-refractivity contribution in [1.82, 2.24) is 14.5 Å². The normalized spacial score (nSPS) is 12.1. The topological polar surface area (TPSA) is 86.8 Å². The Kier molecular flexibility index (Phi) is 6.54. The largest absolute Gasteiger partial charge is 0.405 e. The minimum atomic E-state index is -4.54. The van der Waals surface area contributed by atoms with Crippen LogP contribution in [0.2, 0.25) is 0 Å². The number of carbonyl (C=O) groups is 2. The number of alkyl halides is 3. The molecule has 11 heteroatoms. The molecule has 7 nitrogen and oxygen atoms in total. The summed E-state index contributed by atoms with van der Waals surface area (Å²) in [5.41, 5.74) is -0.116. The molecule has 0 aliphatic rings. The molecule has 1 aromatic carbocycles. The second-order valence-electron chi connectivity index (χ2n) is 5.37. The minimum Gasteiger partial charge on any atom is -0.348 e. The molecule has 0 saturated heterocycles. The number of nitrogens with zero attached hydrogens (tertiary/aromatic N) is 2. The minimum absolute atomic E-state index is 0.116. The second-order valence-corrected chi connectivity index (χ2v) is 7.42. The summed E-state index contributed by atoms with van der Waals surface area (Å²) in [6.07, 6.45) is -4.54. The van der Waals surface area contributed by atoms with Crippen LogP contribution in [0.5, 0.6) is 0 Å². The van der Waals surface area contributed by atoms with E-state index >= 15 is 0 Å². The molecule has 0 aromatic heterocycles. The van der Waals surface area contributed by atoms with Gasteiger partial charge in [0.15, 0.2) is 0 Å². The van der Waals surface area contributed by atoms with Crippen LogP contribution < -0.4 is 5.32 Å². The maximum absolute atomic E-state index is 12.3. The molecule has 1 rings (SSSR count). The van der Waals surface area contributed by atoms with E-state index in [2.05, 4.69) is 0 Å². The SMILES string of the molecule is CN(C)C(=O)CN(C)S(=O)(=O)c1ccc(C(=O)NCC(F)(F)F)cc1. The molecule has 1 aromatic rings. The summed E-state index contributed by atoms with van der Waals surface area (Å²) in [6.45, 7) is -1.86. The Morgan fingerprint density at radius 3 is 2.04 bits per heavy atom. The molecule has 0 unspecified atom stereocenters. The van der Waals surface area contributed by atoms with Crippen LogP contribution >= 0.6 is 0 Å². The van der Waals surface area contributed by atoms with Crippen molar-refractivity contribution < 1.29 is 31.2 Å². The maximum atomic E-state index is 12.3. The predicted molar refractivity (Wildman–Crippen MR) is 83.3 cm³/mol. The lowest BCUT2D eigenvalue weighted by atomic mass is 10.2. The summed E-state index contributed by atoms with van der Waals surface area (Å²) < 4.78 is 61.7. The summed E-state index contributed by atoms with van der Waals surface area (Å²) in [5, 5.41) is 1.68. The van der Waals surface area contributed by atoms with E-state index < -0.39 is 34.6 Å². The molecule has 0 bridgehead atoms. The van der Waals surface area contributed by atoms with E-state index in [9.17, 15) is 31.2 Å². The molecule has 0 heterocycles. The van der Waals surface area contributed by atoms with E-state index in [0.29, 0.717) is 0 Å². The number of hydrogen-bond acceptors (Lipinski definition) is 4. The number of halogens is 3. The Morgan fingerprint density at radius 2 is 1.60 bits per heavy atom. The van der Waals surface area contributed by atoms with Gasteiger partial charge >= 0.3 is 6.18 Å². The van der Waals surface area contributed by atoms with Crippen molar-refractivity contribution in [1.29, 1.82) is 0 Å². The first-order chi connectivity index (χ1) is 11.3. The van der Waals surface area contributed by atoms with Crippen LogP contribution in [0, 0.1) is 0 Å². The summed E-state index contributed by atoms with van der Waals surface area (Å²) >= 11 is 0. The van der Waals surface area contributed by atoms with Gasteiger partial charge < -0.3 is 10.2 Å². The zero-order chi connectivity index (χ0) is 19.4. The molecule has 25 heavy (non-hydrogen) atoms. The third-order valence-corrected chi connectivity index (χ3v) is 4.95. The zero-order valence-electron chi connectivity index (χ0n) is 13.8. The van der Waals surface area contributed by atoms with E-state index in [0.717, 1.165) is 28.6 Å². The summed E-state index contributed by atoms with van der Waals surface area (Å²) in [7, 11) is 0.218. The van der Waals surface area contributed by atoms with Crippen LogP contribution in [0.3, 0.4) is 0 Å². The molecule has 0 radical (unpaired) electrons. The molecular formula is C14H18F3N3O4S. The molecule has 0 aliphatic heterocycles. The van der Waals surface area contributed by atoms with Crippen LogP contribution in [0.15, 0.2) is 29.2 Å². The summed E-state index contributed by atoms with van der Waals surface area (Å²) in [4.78, 5) is 24.2. The first-order valence-corrected chi connectivity index (χ1v) is 8.40. The van der Waals surface area contributed by atoms with Crippen LogP contribution in [0.1, 0.15) is 10.4 Å². The van der Waals surface area contributed by atoms with Gasteiger partial charge in [0.05, 0.1) is 11.4 Å². The molecular weight excluding hydrogens is 363 g/mol. The molecule has 2 amide bonds. The fourth-order valence-corrected chi connectivity index (χ4v) is 2.78. The highest BCUT2D eigenvalue weighted by atomic mass is 32.2. The summed E-state index contributed by atoms with van der Waals surface area (Å²) in [6, 6.07) is 4.38. The van der Waals surface area contributed by atoms with Gasteiger partial charge in [0.1, 0.15) is 6.54 Å². The third-order valence-electron chi connectivity index (χ3n) is 3.13. The first kappa shape index (κ1) is 20.9. The van der Waals surface area contributed by atoms with Crippen molar-refractivity contribution in [3.63, 3.8) is 0 Å².